The smallest absolute Gasteiger partial charge is 0.408 e. The lowest BCUT2D eigenvalue weighted by molar-refractivity contribution is -0.111. The van der Waals surface area contributed by atoms with Crippen LogP contribution < -0.4 is 10.6 Å². The fourth-order valence-corrected chi connectivity index (χ4v) is 5.46. The van der Waals surface area contributed by atoms with Gasteiger partial charge in [-0.2, -0.15) is 5.10 Å². The van der Waals surface area contributed by atoms with Crippen molar-refractivity contribution in [2.45, 2.75) is 51.2 Å². The second-order valence-electron chi connectivity index (χ2n) is 11.7. The molecular weight excluding hydrogens is 526 g/mol. The van der Waals surface area contributed by atoms with Gasteiger partial charge in [-0.05, 0) is 69.4 Å². The molecule has 0 unspecified atom stereocenters. The summed E-state index contributed by atoms with van der Waals surface area (Å²) in [7, 11) is 0. The summed E-state index contributed by atoms with van der Waals surface area (Å²) >= 11 is 0. The van der Waals surface area contributed by atoms with Gasteiger partial charge in [0.2, 0.25) is 5.91 Å². The van der Waals surface area contributed by atoms with E-state index in [1.165, 1.54) is 6.08 Å². The lowest BCUT2D eigenvalue weighted by Crippen LogP contribution is -2.52. The van der Waals surface area contributed by atoms with Gasteiger partial charge < -0.3 is 15.4 Å². The number of hydrogen-bond acceptors (Lipinski definition) is 5. The van der Waals surface area contributed by atoms with Gasteiger partial charge in [-0.25, -0.2) is 14.3 Å². The zero-order valence-corrected chi connectivity index (χ0v) is 24.0. The molecule has 1 fully saturated rings. The molecule has 6 rings (SSSR count). The molecule has 8 nitrogen and oxygen atoms in total. The zero-order valence-electron chi connectivity index (χ0n) is 24.0. The van der Waals surface area contributed by atoms with Gasteiger partial charge in [0.05, 0.1) is 16.9 Å². The van der Waals surface area contributed by atoms with Crippen LogP contribution in [0.4, 0.5) is 10.5 Å². The van der Waals surface area contributed by atoms with Crippen molar-refractivity contribution in [2.75, 3.05) is 5.32 Å². The van der Waals surface area contributed by atoms with E-state index in [-0.39, 0.29) is 5.91 Å². The number of aromatic nitrogens is 3. The van der Waals surface area contributed by atoms with Crippen LogP contribution in [0.2, 0.25) is 0 Å². The number of nitrogens with zero attached hydrogens (tertiary/aromatic N) is 3. The molecule has 0 spiro atoms. The molecule has 42 heavy (non-hydrogen) atoms. The topological polar surface area (TPSA) is 97.6 Å². The Balaban J connectivity index is 1.44. The number of rotatable bonds is 6. The number of carbonyl (C=O) groups excluding carboxylic acids is 2. The predicted molar refractivity (Wildman–Crippen MR) is 165 cm³/mol. The SMILES string of the molecule is C=CC(=O)Nc1cccc2c1nn1cc(-c3ccccc3)c(-c3ccc(C4(NC(=O)OC(C)(C)C)CCC4)cc3)nc21. The molecule has 8 heteroatoms. The summed E-state index contributed by atoms with van der Waals surface area (Å²) in [5.41, 5.74) is 5.65. The Bertz CT molecular complexity index is 1810. The molecule has 1 aliphatic carbocycles. The van der Waals surface area contributed by atoms with E-state index in [1.54, 1.807) is 4.52 Å². The van der Waals surface area contributed by atoms with Crippen molar-refractivity contribution in [1.29, 1.82) is 0 Å². The monoisotopic (exact) mass is 559 g/mol. The normalized spacial score (nSPS) is 14.3. The third kappa shape index (κ3) is 5.11. The van der Waals surface area contributed by atoms with E-state index in [2.05, 4.69) is 41.5 Å². The maximum atomic E-state index is 12.7. The highest BCUT2D eigenvalue weighted by molar-refractivity contribution is 6.07. The first-order valence-corrected chi connectivity index (χ1v) is 14.1. The second kappa shape index (κ2) is 10.4. The molecule has 0 radical (unpaired) electrons. The predicted octanol–water partition coefficient (Wildman–Crippen LogP) is 7.24. The third-order valence-electron chi connectivity index (χ3n) is 7.61. The summed E-state index contributed by atoms with van der Waals surface area (Å²) in [6.45, 7) is 9.15. The molecule has 0 bridgehead atoms. The highest BCUT2D eigenvalue weighted by Gasteiger charge is 2.41. The molecule has 2 amide bonds. The second-order valence-corrected chi connectivity index (χ2v) is 11.7. The van der Waals surface area contributed by atoms with Crippen molar-refractivity contribution in [1.82, 2.24) is 19.9 Å². The van der Waals surface area contributed by atoms with Crippen LogP contribution in [0.25, 0.3) is 38.9 Å². The first-order valence-electron chi connectivity index (χ1n) is 14.1. The lowest BCUT2D eigenvalue weighted by atomic mass is 9.71. The third-order valence-corrected chi connectivity index (χ3v) is 7.61. The standard InChI is InChI=1S/C34H33N5O3/c1-5-28(40)35-27-14-9-13-25-30(27)38-39-21-26(22-11-7-6-8-12-22)29(36-31(25)39)23-15-17-24(18-16-23)34(19-10-20-34)37-32(41)42-33(2,3)4/h5-9,11-18,21H,1,10,19-20H2,2-4H3,(H,35,40)(H,37,41). The molecule has 0 saturated heterocycles. The van der Waals surface area contributed by atoms with Gasteiger partial charge >= 0.3 is 6.09 Å². The van der Waals surface area contributed by atoms with E-state index in [4.69, 9.17) is 14.8 Å². The number of carbonyl (C=O) groups is 2. The minimum absolute atomic E-state index is 0.302. The van der Waals surface area contributed by atoms with Crippen molar-refractivity contribution < 1.29 is 14.3 Å². The molecule has 2 N–H and O–H groups in total. The van der Waals surface area contributed by atoms with Gasteiger partial charge in [-0.1, -0.05) is 67.2 Å². The summed E-state index contributed by atoms with van der Waals surface area (Å²) in [6.07, 6.45) is 5.57. The first-order chi connectivity index (χ1) is 20.2. The number of anilines is 1. The zero-order chi connectivity index (χ0) is 29.5. The van der Waals surface area contributed by atoms with Crippen LogP contribution in [0.1, 0.15) is 45.6 Å². The van der Waals surface area contributed by atoms with E-state index in [0.717, 1.165) is 52.6 Å². The highest BCUT2D eigenvalue weighted by Crippen LogP contribution is 2.42. The average molecular weight is 560 g/mol. The first kappa shape index (κ1) is 27.2. The van der Waals surface area contributed by atoms with Crippen molar-refractivity contribution >= 4 is 34.2 Å². The number of hydrogen-bond donors (Lipinski definition) is 2. The molecule has 5 aromatic rings. The molecule has 2 heterocycles. The molecule has 212 valence electrons. The van der Waals surface area contributed by atoms with Gasteiger partial charge in [-0.15, -0.1) is 0 Å². The van der Waals surface area contributed by atoms with Crippen LogP contribution in [-0.4, -0.2) is 32.2 Å². The molecule has 0 aliphatic heterocycles. The van der Waals surface area contributed by atoms with Crippen LogP contribution >= 0.6 is 0 Å². The van der Waals surface area contributed by atoms with Gasteiger partial charge in [0.1, 0.15) is 11.1 Å². The number of benzene rings is 3. The lowest BCUT2D eigenvalue weighted by Gasteiger charge is -2.43. The summed E-state index contributed by atoms with van der Waals surface area (Å²) in [5.74, 6) is -0.302. The van der Waals surface area contributed by atoms with E-state index in [9.17, 15) is 9.59 Å². The Labute approximate surface area is 244 Å². The van der Waals surface area contributed by atoms with Crippen LogP contribution in [0.5, 0.6) is 0 Å². The van der Waals surface area contributed by atoms with Crippen molar-refractivity contribution in [3.8, 4) is 22.4 Å². The summed E-state index contributed by atoms with van der Waals surface area (Å²) in [6, 6.07) is 24.0. The number of nitrogens with one attached hydrogen (secondary N) is 2. The Morgan fingerprint density at radius 3 is 2.36 bits per heavy atom. The summed E-state index contributed by atoms with van der Waals surface area (Å²) < 4.78 is 7.32. The Hall–Kier alpha value is -4.98. The van der Waals surface area contributed by atoms with Gasteiger partial charge in [0.25, 0.3) is 0 Å². The van der Waals surface area contributed by atoms with Crippen LogP contribution in [0.3, 0.4) is 0 Å². The molecule has 0 atom stereocenters. The maximum absolute atomic E-state index is 12.7. The van der Waals surface area contributed by atoms with E-state index < -0.39 is 17.2 Å². The maximum Gasteiger partial charge on any atom is 0.408 e. The van der Waals surface area contributed by atoms with Gasteiger partial charge in [0, 0.05) is 22.7 Å². The molecule has 1 saturated carbocycles. The van der Waals surface area contributed by atoms with Crippen LogP contribution in [0, 0.1) is 0 Å². The highest BCUT2D eigenvalue weighted by atomic mass is 16.6. The largest absolute Gasteiger partial charge is 0.444 e. The molecule has 2 aromatic heterocycles. The molecular formula is C34H33N5O3. The van der Waals surface area contributed by atoms with E-state index in [1.807, 2.05) is 75.5 Å². The van der Waals surface area contributed by atoms with Crippen molar-refractivity contribution in [3.05, 3.63) is 97.2 Å². The molecule has 1 aliphatic rings. The summed E-state index contributed by atoms with van der Waals surface area (Å²) in [5, 5.41) is 11.6. The number of amides is 2. The van der Waals surface area contributed by atoms with E-state index in [0.29, 0.717) is 16.9 Å². The Morgan fingerprint density at radius 1 is 0.976 bits per heavy atom. The Kier molecular flexibility index (Phi) is 6.77. The Morgan fingerprint density at radius 2 is 1.71 bits per heavy atom. The van der Waals surface area contributed by atoms with E-state index >= 15 is 0 Å². The van der Waals surface area contributed by atoms with Gasteiger partial charge in [0.15, 0.2) is 5.65 Å². The van der Waals surface area contributed by atoms with Crippen molar-refractivity contribution in [3.63, 3.8) is 0 Å². The van der Waals surface area contributed by atoms with Gasteiger partial charge in [-0.3, -0.25) is 4.79 Å². The van der Waals surface area contributed by atoms with Crippen LogP contribution in [0.15, 0.2) is 91.6 Å². The number of ether oxygens (including phenoxy) is 1. The summed E-state index contributed by atoms with van der Waals surface area (Å²) in [4.78, 5) is 29.9. The quantitative estimate of drug-likeness (QED) is 0.214. The fraction of sp³-hybridized carbons (Fsp3) is 0.235. The van der Waals surface area contributed by atoms with Crippen LogP contribution in [-0.2, 0) is 15.1 Å². The average Bonchev–Trinajstić information content (AvgIpc) is 3.32. The minimum Gasteiger partial charge on any atom is -0.444 e. The minimum atomic E-state index is -0.563. The molecule has 3 aromatic carbocycles. The fourth-order valence-electron chi connectivity index (χ4n) is 5.46. The number of fused-ring (bicyclic) bond motifs is 3. The van der Waals surface area contributed by atoms with Crippen molar-refractivity contribution in [2.24, 2.45) is 0 Å². The number of alkyl carbamates (subject to hydrolysis) is 1.